The van der Waals surface area contributed by atoms with Crippen LogP contribution in [0.3, 0.4) is 0 Å². The molecule has 0 fully saturated rings. The number of nitrogens with zero attached hydrogens (tertiary/aromatic N) is 2. The summed E-state index contributed by atoms with van der Waals surface area (Å²) in [5, 5.41) is 17.8. The van der Waals surface area contributed by atoms with Crippen molar-refractivity contribution >= 4 is 5.91 Å². The summed E-state index contributed by atoms with van der Waals surface area (Å²) in [4.78, 5) is 15.2. The molecule has 0 bridgehead atoms. The van der Waals surface area contributed by atoms with Gasteiger partial charge in [0.2, 0.25) is 0 Å². The van der Waals surface area contributed by atoms with E-state index < -0.39 is 0 Å². The van der Waals surface area contributed by atoms with Crippen LogP contribution in [0.25, 0.3) is 11.3 Å². The molecule has 6 nitrogen and oxygen atoms in total. The normalized spacial score (nSPS) is 15.4. The number of ether oxygens (including phenoxy) is 1. The maximum Gasteiger partial charge on any atom is 0.273 e. The van der Waals surface area contributed by atoms with E-state index in [2.05, 4.69) is 24.0 Å². The monoisotopic (exact) mass is 419 g/mol. The molecule has 3 aromatic rings. The van der Waals surface area contributed by atoms with Crippen LogP contribution in [0.1, 0.15) is 67.2 Å². The third-order valence-corrected chi connectivity index (χ3v) is 5.72. The van der Waals surface area contributed by atoms with E-state index >= 15 is 0 Å². The van der Waals surface area contributed by atoms with Gasteiger partial charge in [-0.2, -0.15) is 5.10 Å². The Morgan fingerprint density at radius 1 is 1.10 bits per heavy atom. The van der Waals surface area contributed by atoms with Crippen LogP contribution in [0.15, 0.2) is 48.5 Å². The fourth-order valence-corrected chi connectivity index (χ4v) is 4.09. The molecule has 0 spiro atoms. The summed E-state index contributed by atoms with van der Waals surface area (Å²) in [6.07, 6.45) is 3.98. The first-order valence-electron chi connectivity index (χ1n) is 11.1. The number of benzene rings is 2. The summed E-state index contributed by atoms with van der Waals surface area (Å²) in [7, 11) is 0. The van der Waals surface area contributed by atoms with Crippen molar-refractivity contribution in [3.05, 3.63) is 65.4 Å². The minimum atomic E-state index is -0.280. The number of para-hydroxylation sites is 1. The summed E-state index contributed by atoms with van der Waals surface area (Å²) >= 11 is 0. The van der Waals surface area contributed by atoms with Crippen molar-refractivity contribution < 1.29 is 14.6 Å². The van der Waals surface area contributed by atoms with E-state index in [0.717, 1.165) is 42.6 Å². The second-order valence-electron chi connectivity index (χ2n) is 7.91. The van der Waals surface area contributed by atoms with Gasteiger partial charge in [0.05, 0.1) is 12.6 Å². The van der Waals surface area contributed by atoms with Crippen LogP contribution in [0.4, 0.5) is 0 Å². The Morgan fingerprint density at radius 3 is 2.68 bits per heavy atom. The highest BCUT2D eigenvalue weighted by molar-refractivity contribution is 6.00. The number of unbranched alkanes of at least 4 members (excludes halogenated alkanes) is 2. The van der Waals surface area contributed by atoms with Gasteiger partial charge in [-0.25, -0.2) is 0 Å². The molecule has 1 aliphatic heterocycles. The molecule has 0 saturated heterocycles. The van der Waals surface area contributed by atoms with Crippen molar-refractivity contribution in [2.75, 3.05) is 13.2 Å². The van der Waals surface area contributed by atoms with Crippen LogP contribution in [-0.2, 0) is 0 Å². The molecule has 0 radical (unpaired) electrons. The van der Waals surface area contributed by atoms with Gasteiger partial charge in [-0.1, -0.05) is 51.0 Å². The van der Waals surface area contributed by atoms with Gasteiger partial charge in [0.15, 0.2) is 0 Å². The minimum absolute atomic E-state index is 0.0556. The lowest BCUT2D eigenvalue weighted by molar-refractivity contribution is 0.0741. The fraction of sp³-hybridized carbons (Fsp3) is 0.360. The number of aromatic amines is 1. The van der Waals surface area contributed by atoms with Crippen LogP contribution >= 0.6 is 0 Å². The number of carbonyl (C=O) groups is 1. The third-order valence-electron chi connectivity index (χ3n) is 5.72. The number of carbonyl (C=O) groups excluding carboxylic acids is 1. The molecular formula is C25H29N3O3. The average molecular weight is 420 g/mol. The topological polar surface area (TPSA) is 78.5 Å². The van der Waals surface area contributed by atoms with E-state index in [9.17, 15) is 9.90 Å². The highest BCUT2D eigenvalue weighted by Crippen LogP contribution is 2.44. The lowest BCUT2D eigenvalue weighted by atomic mass is 9.95. The molecular weight excluding hydrogens is 390 g/mol. The van der Waals surface area contributed by atoms with Gasteiger partial charge in [-0.15, -0.1) is 0 Å². The Hall–Kier alpha value is -3.28. The first kappa shape index (κ1) is 21.0. The van der Waals surface area contributed by atoms with Crippen molar-refractivity contribution in [1.82, 2.24) is 15.1 Å². The average Bonchev–Trinajstić information content (AvgIpc) is 3.32. The summed E-state index contributed by atoms with van der Waals surface area (Å²) in [5.74, 6) is 0.890. The standard InChI is InChI=1S/C25H29N3O3/c1-3-5-14-28-24(17-10-9-11-18(16-17)31-15-6-4-2)21-22(26-27-23(21)25(28)30)19-12-7-8-13-20(19)29/h7-13,16,24,29H,3-6,14-15H2,1-2H3,(H,26,27). The molecule has 2 N–H and O–H groups in total. The van der Waals surface area contributed by atoms with E-state index in [0.29, 0.717) is 30.1 Å². The number of rotatable bonds is 9. The van der Waals surface area contributed by atoms with E-state index in [1.54, 1.807) is 12.1 Å². The predicted molar refractivity (Wildman–Crippen MR) is 120 cm³/mol. The van der Waals surface area contributed by atoms with E-state index in [1.807, 2.05) is 41.3 Å². The zero-order valence-electron chi connectivity index (χ0n) is 18.1. The van der Waals surface area contributed by atoms with Gasteiger partial charge >= 0.3 is 0 Å². The SMILES string of the molecule is CCCCOc1cccc(C2c3c(-c4ccccc4O)n[nH]c3C(=O)N2CCCC)c1. The predicted octanol–water partition coefficient (Wildman–Crippen LogP) is 5.31. The van der Waals surface area contributed by atoms with E-state index in [4.69, 9.17) is 4.74 Å². The second-order valence-corrected chi connectivity index (χ2v) is 7.91. The molecule has 6 heteroatoms. The zero-order chi connectivity index (χ0) is 21.8. The maximum absolute atomic E-state index is 13.3. The van der Waals surface area contributed by atoms with Gasteiger partial charge in [-0.05, 0) is 42.7 Å². The van der Waals surface area contributed by atoms with Crippen LogP contribution in [0.5, 0.6) is 11.5 Å². The van der Waals surface area contributed by atoms with E-state index in [-0.39, 0.29) is 17.7 Å². The van der Waals surface area contributed by atoms with Gasteiger partial charge < -0.3 is 14.7 Å². The van der Waals surface area contributed by atoms with Gasteiger partial charge in [-0.3, -0.25) is 9.89 Å². The number of aromatic nitrogens is 2. The van der Waals surface area contributed by atoms with Crippen LogP contribution in [-0.4, -0.2) is 39.3 Å². The Labute approximate surface area is 182 Å². The first-order chi connectivity index (χ1) is 15.2. The Kier molecular flexibility index (Phi) is 6.26. The molecule has 1 aliphatic rings. The molecule has 1 atom stereocenters. The lowest BCUT2D eigenvalue weighted by Gasteiger charge is -2.26. The molecule has 31 heavy (non-hydrogen) atoms. The molecule has 1 aromatic heterocycles. The van der Waals surface area contributed by atoms with Crippen LogP contribution in [0.2, 0.25) is 0 Å². The van der Waals surface area contributed by atoms with Gasteiger partial charge in [0, 0.05) is 17.7 Å². The Bertz CT molecular complexity index is 1060. The summed E-state index contributed by atoms with van der Waals surface area (Å²) in [6, 6.07) is 14.8. The molecule has 1 amide bonds. The minimum Gasteiger partial charge on any atom is -0.507 e. The smallest absolute Gasteiger partial charge is 0.273 e. The molecule has 0 aliphatic carbocycles. The number of phenols is 1. The quantitative estimate of drug-likeness (QED) is 0.461. The first-order valence-corrected chi connectivity index (χ1v) is 11.1. The molecule has 2 aromatic carbocycles. The highest BCUT2D eigenvalue weighted by Gasteiger charge is 2.42. The second kappa shape index (κ2) is 9.25. The Balaban J connectivity index is 1.79. The summed E-state index contributed by atoms with van der Waals surface area (Å²) in [5.41, 5.74) is 3.52. The van der Waals surface area contributed by atoms with Crippen molar-refractivity contribution in [3.63, 3.8) is 0 Å². The van der Waals surface area contributed by atoms with Crippen molar-refractivity contribution in [2.45, 2.75) is 45.6 Å². The fourth-order valence-electron chi connectivity index (χ4n) is 4.09. The Morgan fingerprint density at radius 2 is 1.90 bits per heavy atom. The van der Waals surface area contributed by atoms with Crippen molar-refractivity contribution in [1.29, 1.82) is 0 Å². The maximum atomic E-state index is 13.3. The number of nitrogens with one attached hydrogen (secondary N) is 1. The molecule has 4 rings (SSSR count). The largest absolute Gasteiger partial charge is 0.507 e. The number of phenolic OH excluding ortho intramolecular Hbond substituents is 1. The van der Waals surface area contributed by atoms with Gasteiger partial charge in [0.25, 0.3) is 5.91 Å². The molecule has 2 heterocycles. The number of hydrogen-bond acceptors (Lipinski definition) is 4. The van der Waals surface area contributed by atoms with Crippen LogP contribution < -0.4 is 4.74 Å². The van der Waals surface area contributed by atoms with Crippen molar-refractivity contribution in [3.8, 4) is 22.8 Å². The molecule has 162 valence electrons. The number of H-pyrrole nitrogens is 1. The number of hydrogen-bond donors (Lipinski definition) is 2. The van der Waals surface area contributed by atoms with E-state index in [1.165, 1.54) is 0 Å². The summed E-state index contributed by atoms with van der Waals surface area (Å²) < 4.78 is 5.93. The van der Waals surface area contributed by atoms with Crippen LogP contribution in [0, 0.1) is 0 Å². The van der Waals surface area contributed by atoms with Gasteiger partial charge in [0.1, 0.15) is 22.9 Å². The lowest BCUT2D eigenvalue weighted by Crippen LogP contribution is -2.30. The number of fused-ring (bicyclic) bond motifs is 1. The number of aromatic hydroxyl groups is 1. The molecule has 1 unspecified atom stereocenters. The zero-order valence-corrected chi connectivity index (χ0v) is 18.1. The third kappa shape index (κ3) is 4.02. The molecule has 0 saturated carbocycles. The summed E-state index contributed by atoms with van der Waals surface area (Å²) in [6.45, 7) is 5.58. The van der Waals surface area contributed by atoms with Crippen molar-refractivity contribution in [2.24, 2.45) is 0 Å². The highest BCUT2D eigenvalue weighted by atomic mass is 16.5. The number of amides is 1.